The average Bonchev–Trinajstić information content (AvgIpc) is 3.27. The van der Waals surface area contributed by atoms with E-state index in [0.29, 0.717) is 31.2 Å². The van der Waals surface area contributed by atoms with Crippen molar-refractivity contribution in [3.63, 3.8) is 0 Å². The van der Waals surface area contributed by atoms with Crippen molar-refractivity contribution >= 4 is 29.2 Å². The molecule has 1 aromatic heterocycles. The van der Waals surface area contributed by atoms with Crippen LogP contribution in [0, 0.1) is 5.92 Å². The van der Waals surface area contributed by atoms with Crippen LogP contribution in [0.5, 0.6) is 0 Å². The van der Waals surface area contributed by atoms with E-state index in [2.05, 4.69) is 15.4 Å². The zero-order valence-electron chi connectivity index (χ0n) is 16.2. The summed E-state index contributed by atoms with van der Waals surface area (Å²) in [5.74, 6) is -0.962. The van der Waals surface area contributed by atoms with Gasteiger partial charge in [0.1, 0.15) is 12.1 Å². The maximum absolute atomic E-state index is 12.8. The smallest absolute Gasteiger partial charge is 0.339 e. The number of Topliss-reactive ketones (excluding diaryl/α,β-unsaturated/α-hetero) is 1. The molecule has 1 spiro atoms. The summed E-state index contributed by atoms with van der Waals surface area (Å²) in [7, 11) is 0. The molecule has 0 radical (unpaired) electrons. The maximum atomic E-state index is 12.8. The summed E-state index contributed by atoms with van der Waals surface area (Å²) in [6, 6.07) is 11.0. The van der Waals surface area contributed by atoms with Crippen LogP contribution in [0.25, 0.3) is 0 Å². The first kappa shape index (κ1) is 18.5. The summed E-state index contributed by atoms with van der Waals surface area (Å²) in [5, 5.41) is 8.56. The quantitative estimate of drug-likeness (QED) is 0.770. The van der Waals surface area contributed by atoms with Crippen LogP contribution in [-0.2, 0) is 19.9 Å². The molecule has 8 nitrogen and oxygen atoms in total. The fourth-order valence-corrected chi connectivity index (χ4v) is 4.43. The van der Waals surface area contributed by atoms with Crippen molar-refractivity contribution in [2.24, 2.45) is 11.0 Å². The number of hydrogen-bond acceptors (Lipinski definition) is 7. The van der Waals surface area contributed by atoms with Gasteiger partial charge in [0.25, 0.3) is 0 Å². The number of amides is 1. The van der Waals surface area contributed by atoms with E-state index in [9.17, 15) is 14.4 Å². The Morgan fingerprint density at radius 2 is 1.90 bits per heavy atom. The molecule has 0 saturated heterocycles. The number of benzene rings is 1. The van der Waals surface area contributed by atoms with Crippen molar-refractivity contribution < 1.29 is 19.1 Å². The van der Waals surface area contributed by atoms with Gasteiger partial charge >= 0.3 is 5.97 Å². The summed E-state index contributed by atoms with van der Waals surface area (Å²) >= 11 is 0. The molecule has 1 saturated carbocycles. The van der Waals surface area contributed by atoms with Gasteiger partial charge in [-0.2, -0.15) is 5.10 Å². The highest BCUT2D eigenvalue weighted by molar-refractivity contribution is 6.44. The van der Waals surface area contributed by atoms with Crippen LogP contribution in [0.4, 0.5) is 5.69 Å². The van der Waals surface area contributed by atoms with Crippen molar-refractivity contribution in [2.45, 2.75) is 31.3 Å². The Morgan fingerprint density at radius 3 is 2.67 bits per heavy atom. The number of ether oxygens (including phenoxy) is 1. The Bertz CT molecular complexity index is 1060. The number of aromatic nitrogens is 1. The number of carbonyl (C=O) groups is 3. The summed E-state index contributed by atoms with van der Waals surface area (Å²) in [6.07, 6.45) is 5.47. The molecule has 3 heterocycles. The van der Waals surface area contributed by atoms with Crippen LogP contribution in [0.3, 0.4) is 0 Å². The Labute approximate surface area is 172 Å². The van der Waals surface area contributed by atoms with E-state index >= 15 is 0 Å². The number of rotatable bonds is 2. The third-order valence-electron chi connectivity index (χ3n) is 6.06. The van der Waals surface area contributed by atoms with Crippen molar-refractivity contribution in [3.8, 4) is 0 Å². The lowest BCUT2D eigenvalue weighted by atomic mass is 9.75. The molecular weight excluding hydrogens is 384 g/mol. The van der Waals surface area contributed by atoms with Crippen LogP contribution in [0.2, 0.25) is 0 Å². The number of nitrogens with zero attached hydrogens (tertiary/aromatic N) is 3. The lowest BCUT2D eigenvalue weighted by molar-refractivity contribution is -0.127. The molecule has 5 rings (SSSR count). The Hall–Kier alpha value is -3.55. The fraction of sp³-hybridized carbons (Fsp3) is 0.318. The van der Waals surface area contributed by atoms with Gasteiger partial charge in [0.2, 0.25) is 11.7 Å². The highest BCUT2D eigenvalue weighted by Gasteiger charge is 2.48. The summed E-state index contributed by atoms with van der Waals surface area (Å²) in [5.41, 5.74) is 1.47. The van der Waals surface area contributed by atoms with Crippen LogP contribution in [0.1, 0.15) is 41.6 Å². The van der Waals surface area contributed by atoms with E-state index in [1.165, 1.54) is 0 Å². The Kier molecular flexibility index (Phi) is 4.34. The van der Waals surface area contributed by atoms with Crippen LogP contribution in [-0.4, -0.2) is 35.0 Å². The van der Waals surface area contributed by atoms with Crippen LogP contribution >= 0.6 is 0 Å². The van der Waals surface area contributed by atoms with E-state index in [1.54, 1.807) is 23.5 Å². The van der Waals surface area contributed by atoms with E-state index in [4.69, 9.17) is 4.74 Å². The summed E-state index contributed by atoms with van der Waals surface area (Å²) in [6.45, 7) is 0.104. The number of para-hydroxylation sites is 1. The monoisotopic (exact) mass is 404 g/mol. The molecule has 1 aromatic carbocycles. The maximum Gasteiger partial charge on any atom is 0.339 e. The molecule has 0 atom stereocenters. The molecule has 2 aromatic rings. The summed E-state index contributed by atoms with van der Waals surface area (Å²) in [4.78, 5) is 41.4. The highest BCUT2D eigenvalue weighted by atomic mass is 16.6. The number of carbonyl (C=O) groups excluding carboxylic acids is 3. The van der Waals surface area contributed by atoms with E-state index < -0.39 is 5.60 Å². The van der Waals surface area contributed by atoms with Gasteiger partial charge in [0, 0.05) is 23.9 Å². The topological polar surface area (TPSA) is 101 Å². The Morgan fingerprint density at radius 1 is 1.13 bits per heavy atom. The first-order valence-corrected chi connectivity index (χ1v) is 9.99. The van der Waals surface area contributed by atoms with Crippen molar-refractivity contribution in [3.05, 3.63) is 59.9 Å². The highest BCUT2D eigenvalue weighted by Crippen LogP contribution is 2.47. The number of anilines is 1. The molecule has 3 aliphatic rings. The number of esters is 1. The van der Waals surface area contributed by atoms with Crippen LogP contribution < -0.4 is 10.3 Å². The molecule has 1 N–H and O–H groups in total. The number of fused-ring (bicyclic) bond motifs is 2. The zero-order valence-corrected chi connectivity index (χ0v) is 16.2. The largest absolute Gasteiger partial charge is 0.450 e. The number of hydrazone groups is 1. The molecule has 0 bridgehead atoms. The van der Waals surface area contributed by atoms with Gasteiger partial charge in [-0.25, -0.2) is 4.79 Å². The van der Waals surface area contributed by atoms with E-state index in [1.807, 2.05) is 30.3 Å². The normalized spacial score (nSPS) is 25.1. The minimum Gasteiger partial charge on any atom is -0.450 e. The first-order chi connectivity index (χ1) is 14.6. The van der Waals surface area contributed by atoms with E-state index in [0.717, 1.165) is 11.3 Å². The standard InChI is InChI=1S/C22H20N4O4/c27-18-13-26(15-4-2-1-3-5-15)25-19(18)24-20(28)14-6-9-22(10-7-14)17-12-23-11-8-16(17)21(29)30-22/h1-5,8,11-12,14H,6-7,9-10,13H2,(H,24,25,28). The van der Waals surface area contributed by atoms with Gasteiger partial charge in [0.15, 0.2) is 5.84 Å². The minimum absolute atomic E-state index is 0.0750. The SMILES string of the molecule is O=C1CN(c2ccccc2)N=C1NC(=O)C1CCC2(CC1)OC(=O)c1ccncc12. The number of ketones is 1. The first-order valence-electron chi connectivity index (χ1n) is 9.99. The lowest BCUT2D eigenvalue weighted by Gasteiger charge is -2.35. The zero-order chi connectivity index (χ0) is 20.7. The average molecular weight is 404 g/mol. The van der Waals surface area contributed by atoms with Crippen molar-refractivity contribution in [2.75, 3.05) is 11.6 Å². The van der Waals surface area contributed by atoms with Crippen LogP contribution in [0.15, 0.2) is 53.9 Å². The lowest BCUT2D eigenvalue weighted by Crippen LogP contribution is -2.42. The molecule has 1 amide bonds. The van der Waals surface area contributed by atoms with Gasteiger partial charge in [0.05, 0.1) is 11.3 Å². The molecule has 8 heteroatoms. The fourth-order valence-electron chi connectivity index (χ4n) is 4.43. The number of nitrogens with one attached hydrogen (secondary N) is 1. The Balaban J connectivity index is 1.25. The van der Waals surface area contributed by atoms with Gasteiger partial charge < -0.3 is 10.1 Å². The molecule has 1 aliphatic carbocycles. The third kappa shape index (κ3) is 3.04. The number of pyridine rings is 1. The predicted octanol–water partition coefficient (Wildman–Crippen LogP) is 2.16. The molecular formula is C22H20N4O4. The molecule has 30 heavy (non-hydrogen) atoms. The number of amidine groups is 1. The second-order valence-corrected chi connectivity index (χ2v) is 7.83. The predicted molar refractivity (Wildman–Crippen MR) is 108 cm³/mol. The molecule has 152 valence electrons. The van der Waals surface area contributed by atoms with E-state index in [-0.39, 0.29) is 36.0 Å². The van der Waals surface area contributed by atoms with Gasteiger partial charge in [-0.1, -0.05) is 18.2 Å². The van der Waals surface area contributed by atoms with Crippen molar-refractivity contribution in [1.82, 2.24) is 10.3 Å². The van der Waals surface area contributed by atoms with Gasteiger partial charge in [-0.3, -0.25) is 19.6 Å². The van der Waals surface area contributed by atoms with Gasteiger partial charge in [-0.15, -0.1) is 0 Å². The molecule has 0 unspecified atom stereocenters. The van der Waals surface area contributed by atoms with Gasteiger partial charge in [-0.05, 0) is 43.9 Å². The molecule has 1 fully saturated rings. The number of hydrogen-bond donors (Lipinski definition) is 1. The molecule has 2 aliphatic heterocycles. The minimum atomic E-state index is -0.692. The second-order valence-electron chi connectivity index (χ2n) is 7.83. The third-order valence-corrected chi connectivity index (χ3v) is 6.06. The second kappa shape index (κ2) is 7.05. The van der Waals surface area contributed by atoms with Crippen molar-refractivity contribution in [1.29, 1.82) is 0 Å². The summed E-state index contributed by atoms with van der Waals surface area (Å²) < 4.78 is 5.71.